The van der Waals surface area contributed by atoms with Crippen molar-refractivity contribution in [3.8, 4) is 0 Å². The van der Waals surface area contributed by atoms with Crippen LogP contribution >= 0.6 is 23.2 Å². The molecule has 1 fully saturated rings. The lowest BCUT2D eigenvalue weighted by molar-refractivity contribution is -0.134. The topological polar surface area (TPSA) is 47.4 Å². The standard InChI is InChI=1S/C21H27Cl2N3O2/c1-15(2)10-21(27)26(13-18-4-3-9-28-18)14-20-24-7-8-25(20)12-16-5-6-17(22)11-19(16)23/h5-8,11,15,18H,3-4,9-10,12-14H2,1-2H3. The Balaban J connectivity index is 1.75. The van der Waals surface area contributed by atoms with Gasteiger partial charge in [0, 0.05) is 42.0 Å². The molecule has 5 nitrogen and oxygen atoms in total. The molecule has 2 heterocycles. The summed E-state index contributed by atoms with van der Waals surface area (Å²) >= 11 is 12.3. The first-order valence-corrected chi connectivity index (χ1v) is 10.5. The van der Waals surface area contributed by atoms with E-state index in [1.807, 2.05) is 27.8 Å². The predicted molar refractivity (Wildman–Crippen MR) is 112 cm³/mol. The van der Waals surface area contributed by atoms with E-state index in [0.717, 1.165) is 30.8 Å². The second kappa shape index (κ2) is 9.77. The van der Waals surface area contributed by atoms with E-state index in [0.29, 0.717) is 42.0 Å². The summed E-state index contributed by atoms with van der Waals surface area (Å²) in [5.74, 6) is 1.29. The largest absolute Gasteiger partial charge is 0.376 e. The highest BCUT2D eigenvalue weighted by molar-refractivity contribution is 6.35. The summed E-state index contributed by atoms with van der Waals surface area (Å²) in [6.07, 6.45) is 6.37. The van der Waals surface area contributed by atoms with Crippen molar-refractivity contribution in [2.45, 2.75) is 52.3 Å². The van der Waals surface area contributed by atoms with Crippen LogP contribution in [0.5, 0.6) is 0 Å². The summed E-state index contributed by atoms with van der Waals surface area (Å²) in [4.78, 5) is 19.2. The number of carbonyl (C=O) groups is 1. The minimum Gasteiger partial charge on any atom is -0.376 e. The Morgan fingerprint density at radius 2 is 2.21 bits per heavy atom. The fourth-order valence-corrected chi connectivity index (χ4v) is 3.88. The third-order valence-corrected chi connectivity index (χ3v) is 5.46. The van der Waals surface area contributed by atoms with Gasteiger partial charge >= 0.3 is 0 Å². The van der Waals surface area contributed by atoms with Gasteiger partial charge in [-0.15, -0.1) is 0 Å². The van der Waals surface area contributed by atoms with Gasteiger partial charge in [0.2, 0.25) is 5.91 Å². The maximum atomic E-state index is 12.8. The minimum absolute atomic E-state index is 0.116. The molecule has 1 aromatic heterocycles. The van der Waals surface area contributed by atoms with Crippen LogP contribution in [0.25, 0.3) is 0 Å². The summed E-state index contributed by atoms with van der Waals surface area (Å²) in [5, 5.41) is 1.24. The quantitative estimate of drug-likeness (QED) is 0.612. The number of aromatic nitrogens is 2. The first-order chi connectivity index (χ1) is 13.4. The van der Waals surface area contributed by atoms with Crippen molar-refractivity contribution in [3.63, 3.8) is 0 Å². The van der Waals surface area contributed by atoms with E-state index in [-0.39, 0.29) is 12.0 Å². The maximum absolute atomic E-state index is 12.8. The number of rotatable bonds is 8. The van der Waals surface area contributed by atoms with Crippen molar-refractivity contribution in [1.82, 2.24) is 14.5 Å². The van der Waals surface area contributed by atoms with E-state index >= 15 is 0 Å². The number of nitrogens with zero attached hydrogens (tertiary/aromatic N) is 3. The number of benzene rings is 1. The van der Waals surface area contributed by atoms with Crippen LogP contribution in [0, 0.1) is 5.92 Å². The van der Waals surface area contributed by atoms with Gasteiger partial charge in [0.05, 0.1) is 19.2 Å². The van der Waals surface area contributed by atoms with Gasteiger partial charge in [-0.1, -0.05) is 43.1 Å². The van der Waals surface area contributed by atoms with E-state index in [2.05, 4.69) is 18.8 Å². The Labute approximate surface area is 176 Å². The Kier molecular flexibility index (Phi) is 7.38. The molecule has 2 aromatic rings. The van der Waals surface area contributed by atoms with Gasteiger partial charge in [0.25, 0.3) is 0 Å². The average molecular weight is 424 g/mol. The molecule has 1 aliphatic rings. The lowest BCUT2D eigenvalue weighted by atomic mass is 10.1. The third kappa shape index (κ3) is 5.72. The zero-order valence-corrected chi connectivity index (χ0v) is 17.9. The van der Waals surface area contributed by atoms with Crippen molar-refractivity contribution in [2.24, 2.45) is 5.92 Å². The first kappa shape index (κ1) is 21.2. The summed E-state index contributed by atoms with van der Waals surface area (Å²) in [6, 6.07) is 5.49. The highest BCUT2D eigenvalue weighted by Gasteiger charge is 2.24. The second-order valence-corrected chi connectivity index (χ2v) is 8.56. The van der Waals surface area contributed by atoms with Crippen LogP contribution < -0.4 is 0 Å². The normalized spacial score (nSPS) is 16.7. The van der Waals surface area contributed by atoms with Gasteiger partial charge in [-0.2, -0.15) is 0 Å². The molecule has 0 spiro atoms. The Hall–Kier alpha value is -1.56. The molecular weight excluding hydrogens is 397 g/mol. The van der Waals surface area contributed by atoms with E-state index < -0.39 is 0 Å². The summed E-state index contributed by atoms with van der Waals surface area (Å²) in [7, 11) is 0. The number of hydrogen-bond acceptors (Lipinski definition) is 3. The molecule has 28 heavy (non-hydrogen) atoms. The molecule has 7 heteroatoms. The molecule has 1 atom stereocenters. The molecule has 152 valence electrons. The smallest absolute Gasteiger partial charge is 0.223 e. The Bertz CT molecular complexity index is 801. The third-order valence-electron chi connectivity index (χ3n) is 4.87. The number of hydrogen-bond donors (Lipinski definition) is 0. The predicted octanol–water partition coefficient (Wildman–Crippen LogP) is 4.79. The summed E-state index contributed by atoms with van der Waals surface area (Å²) in [6.45, 7) is 6.55. The summed E-state index contributed by atoms with van der Waals surface area (Å²) in [5.41, 5.74) is 0.962. The van der Waals surface area contributed by atoms with Crippen LogP contribution in [-0.2, 0) is 22.6 Å². The van der Waals surface area contributed by atoms with E-state index in [4.69, 9.17) is 27.9 Å². The molecule has 1 amide bonds. The van der Waals surface area contributed by atoms with E-state index in [1.165, 1.54) is 0 Å². The molecule has 3 rings (SSSR count). The number of carbonyl (C=O) groups excluding carboxylic acids is 1. The molecule has 0 saturated carbocycles. The summed E-state index contributed by atoms with van der Waals surface area (Å²) < 4.78 is 7.79. The number of ether oxygens (including phenoxy) is 1. The molecule has 1 unspecified atom stereocenters. The van der Waals surface area contributed by atoms with Crippen molar-refractivity contribution in [2.75, 3.05) is 13.2 Å². The van der Waals surface area contributed by atoms with Crippen molar-refractivity contribution in [1.29, 1.82) is 0 Å². The molecule has 0 N–H and O–H groups in total. The number of halogens is 2. The Morgan fingerprint density at radius 1 is 1.39 bits per heavy atom. The lowest BCUT2D eigenvalue weighted by Gasteiger charge is -2.26. The number of amides is 1. The lowest BCUT2D eigenvalue weighted by Crippen LogP contribution is -2.38. The fourth-order valence-electron chi connectivity index (χ4n) is 3.41. The molecule has 0 bridgehead atoms. The highest BCUT2D eigenvalue weighted by atomic mass is 35.5. The van der Waals surface area contributed by atoms with Crippen LogP contribution in [0.1, 0.15) is 44.5 Å². The van der Waals surface area contributed by atoms with E-state index in [1.54, 1.807) is 12.3 Å². The minimum atomic E-state index is 0.116. The van der Waals surface area contributed by atoms with Crippen LogP contribution in [0.4, 0.5) is 0 Å². The average Bonchev–Trinajstić information content (AvgIpc) is 3.28. The van der Waals surface area contributed by atoms with Gasteiger partial charge in [0.1, 0.15) is 5.82 Å². The molecular formula is C21H27Cl2N3O2. The van der Waals surface area contributed by atoms with E-state index in [9.17, 15) is 4.79 Å². The van der Waals surface area contributed by atoms with Crippen LogP contribution in [-0.4, -0.2) is 39.6 Å². The van der Waals surface area contributed by atoms with Gasteiger partial charge in [-0.3, -0.25) is 4.79 Å². The van der Waals surface area contributed by atoms with Gasteiger partial charge in [-0.05, 0) is 36.5 Å². The van der Waals surface area contributed by atoms with Gasteiger partial charge in [0.15, 0.2) is 0 Å². The van der Waals surface area contributed by atoms with Crippen LogP contribution in [0.15, 0.2) is 30.6 Å². The molecule has 1 saturated heterocycles. The fraction of sp³-hybridized carbons (Fsp3) is 0.524. The highest BCUT2D eigenvalue weighted by Crippen LogP contribution is 2.23. The first-order valence-electron chi connectivity index (χ1n) is 9.75. The monoisotopic (exact) mass is 423 g/mol. The molecule has 0 aliphatic carbocycles. The SMILES string of the molecule is CC(C)CC(=O)N(Cc1nccn1Cc1ccc(Cl)cc1Cl)CC1CCCO1. The second-order valence-electron chi connectivity index (χ2n) is 7.71. The van der Waals surface area contributed by atoms with Crippen molar-refractivity contribution in [3.05, 3.63) is 52.0 Å². The zero-order chi connectivity index (χ0) is 20.1. The molecule has 1 aliphatic heterocycles. The molecule has 1 aromatic carbocycles. The number of imidazole rings is 1. The van der Waals surface area contributed by atoms with Crippen molar-refractivity contribution < 1.29 is 9.53 Å². The van der Waals surface area contributed by atoms with Crippen LogP contribution in [0.2, 0.25) is 10.0 Å². The molecule has 0 radical (unpaired) electrons. The zero-order valence-electron chi connectivity index (χ0n) is 16.4. The van der Waals surface area contributed by atoms with Crippen molar-refractivity contribution >= 4 is 29.1 Å². The van der Waals surface area contributed by atoms with Gasteiger partial charge < -0.3 is 14.2 Å². The van der Waals surface area contributed by atoms with Crippen LogP contribution in [0.3, 0.4) is 0 Å². The Morgan fingerprint density at radius 3 is 2.89 bits per heavy atom. The van der Waals surface area contributed by atoms with Gasteiger partial charge in [-0.25, -0.2) is 4.98 Å². The maximum Gasteiger partial charge on any atom is 0.223 e.